The lowest BCUT2D eigenvalue weighted by molar-refractivity contribution is -0.137. The van der Waals surface area contributed by atoms with Crippen LogP contribution in [-0.4, -0.2) is 39.3 Å². The summed E-state index contributed by atoms with van der Waals surface area (Å²) in [5.74, 6) is -0.593. The lowest BCUT2D eigenvalue weighted by Crippen LogP contribution is -2.19. The lowest BCUT2D eigenvalue weighted by atomic mass is 9.88. The van der Waals surface area contributed by atoms with Gasteiger partial charge in [0.2, 0.25) is 0 Å². The van der Waals surface area contributed by atoms with Crippen molar-refractivity contribution in [3.05, 3.63) is 12.2 Å². The number of aliphatic hydroxyl groups is 2. The summed E-state index contributed by atoms with van der Waals surface area (Å²) in [7, 11) is 0. The summed E-state index contributed by atoms with van der Waals surface area (Å²) >= 11 is 0. The summed E-state index contributed by atoms with van der Waals surface area (Å²) in [5.41, 5.74) is 0. The summed E-state index contributed by atoms with van der Waals surface area (Å²) < 4.78 is 0. The fourth-order valence-corrected chi connectivity index (χ4v) is 4.00. The van der Waals surface area contributed by atoms with Gasteiger partial charge < -0.3 is 15.3 Å². The molecule has 0 aromatic rings. The molecule has 5 nitrogen and oxygen atoms in total. The Morgan fingerprint density at radius 2 is 1.93 bits per heavy atom. The van der Waals surface area contributed by atoms with Crippen molar-refractivity contribution in [2.75, 3.05) is 0 Å². The zero-order valence-electron chi connectivity index (χ0n) is 17.0. The fourth-order valence-electron chi connectivity index (χ4n) is 4.00. The summed E-state index contributed by atoms with van der Waals surface area (Å²) in [6.07, 6.45) is 11.0. The molecule has 3 N–H and O–H groups in total. The van der Waals surface area contributed by atoms with Gasteiger partial charge in [0.1, 0.15) is 5.78 Å². The van der Waals surface area contributed by atoms with Crippen LogP contribution in [0.4, 0.5) is 0 Å². The molecule has 0 radical (unpaired) electrons. The maximum Gasteiger partial charge on any atom is 0.303 e. The van der Waals surface area contributed by atoms with Crippen LogP contribution in [0.3, 0.4) is 0 Å². The monoisotopic (exact) mass is 382 g/mol. The van der Waals surface area contributed by atoms with E-state index in [1.807, 2.05) is 6.08 Å². The average molecular weight is 383 g/mol. The third kappa shape index (κ3) is 9.52. The van der Waals surface area contributed by atoms with Crippen LogP contribution < -0.4 is 0 Å². The molecule has 0 aromatic carbocycles. The van der Waals surface area contributed by atoms with Gasteiger partial charge in [-0.2, -0.15) is 0 Å². The van der Waals surface area contributed by atoms with Crippen molar-refractivity contribution in [2.45, 2.75) is 96.7 Å². The van der Waals surface area contributed by atoms with E-state index in [1.165, 1.54) is 6.42 Å². The summed E-state index contributed by atoms with van der Waals surface area (Å²) in [4.78, 5) is 22.7. The molecule has 0 aliphatic heterocycles. The van der Waals surface area contributed by atoms with E-state index in [1.54, 1.807) is 6.08 Å². The van der Waals surface area contributed by atoms with E-state index in [4.69, 9.17) is 5.11 Å². The Morgan fingerprint density at radius 3 is 2.59 bits per heavy atom. The summed E-state index contributed by atoms with van der Waals surface area (Å²) in [6, 6.07) is 0. The highest BCUT2D eigenvalue weighted by atomic mass is 16.4. The summed E-state index contributed by atoms with van der Waals surface area (Å²) in [6.45, 7) is 4.31. The topological polar surface area (TPSA) is 94.8 Å². The maximum absolute atomic E-state index is 12.2. The van der Waals surface area contributed by atoms with Crippen LogP contribution in [0.2, 0.25) is 0 Å². The second kappa shape index (κ2) is 13.1. The number of Topliss-reactive ketones (excluding diaryl/α,β-unsaturated/α-hetero) is 1. The van der Waals surface area contributed by atoms with Gasteiger partial charge >= 0.3 is 5.97 Å². The van der Waals surface area contributed by atoms with Crippen molar-refractivity contribution >= 4 is 11.8 Å². The number of hydrogen-bond donors (Lipinski definition) is 3. The molecule has 156 valence electrons. The molecule has 1 aliphatic carbocycles. The molecule has 1 fully saturated rings. The van der Waals surface area contributed by atoms with Gasteiger partial charge in [-0.05, 0) is 25.2 Å². The number of carbonyl (C=O) groups is 2. The Kier molecular flexibility index (Phi) is 11.5. The van der Waals surface area contributed by atoms with Crippen molar-refractivity contribution in [1.29, 1.82) is 0 Å². The SMILES string of the molecule is CCCCC(C)C[C@H](O)/C=C/C1C(CCCCCCC(=O)O)C(=O)C[C@@H]1O. The first-order chi connectivity index (χ1) is 12.8. The zero-order chi connectivity index (χ0) is 20.2. The first-order valence-electron chi connectivity index (χ1n) is 10.6. The standard InChI is InChI=1S/C22H38O5/c1-3-4-9-16(2)14-17(23)12-13-19-18(20(24)15-21(19)25)10-7-5-6-8-11-22(26)27/h12-13,16-19,21,23,25H,3-11,14-15H2,1-2H3,(H,26,27)/b13-12+/t16?,17-,18?,19?,21+/m1/s1. The second-order valence-electron chi connectivity index (χ2n) is 8.20. The molecule has 3 unspecified atom stereocenters. The maximum atomic E-state index is 12.2. The van der Waals surface area contributed by atoms with E-state index < -0.39 is 18.2 Å². The number of rotatable bonds is 14. The highest BCUT2D eigenvalue weighted by Gasteiger charge is 2.39. The third-order valence-corrected chi connectivity index (χ3v) is 5.64. The molecule has 0 bridgehead atoms. The molecule has 0 amide bonds. The number of aliphatic hydroxyl groups excluding tert-OH is 2. The first kappa shape index (κ1) is 23.8. The fraction of sp³-hybridized carbons (Fsp3) is 0.818. The molecule has 0 spiro atoms. The molecule has 0 saturated heterocycles. The van der Waals surface area contributed by atoms with Crippen molar-refractivity contribution in [1.82, 2.24) is 0 Å². The number of unbranched alkanes of at least 4 members (excludes halogenated alkanes) is 4. The van der Waals surface area contributed by atoms with Gasteiger partial charge in [0.25, 0.3) is 0 Å². The number of hydrogen-bond acceptors (Lipinski definition) is 4. The number of carboxylic acids is 1. The average Bonchev–Trinajstić information content (AvgIpc) is 2.87. The Bertz CT molecular complexity index is 473. The molecule has 27 heavy (non-hydrogen) atoms. The van der Waals surface area contributed by atoms with Crippen molar-refractivity contribution < 1.29 is 24.9 Å². The van der Waals surface area contributed by atoms with E-state index in [-0.39, 0.29) is 30.5 Å². The number of carbonyl (C=O) groups excluding carboxylic acids is 1. The Balaban J connectivity index is 2.43. The smallest absolute Gasteiger partial charge is 0.303 e. The second-order valence-corrected chi connectivity index (χ2v) is 8.20. The quantitative estimate of drug-likeness (QED) is 0.310. The molecule has 1 saturated carbocycles. The van der Waals surface area contributed by atoms with Gasteiger partial charge in [-0.1, -0.05) is 64.5 Å². The molecule has 1 aliphatic rings. The normalized spacial score (nSPS) is 25.2. The molecule has 5 heteroatoms. The van der Waals surface area contributed by atoms with Gasteiger partial charge in [0.15, 0.2) is 0 Å². The zero-order valence-corrected chi connectivity index (χ0v) is 17.0. The number of ketones is 1. The van der Waals surface area contributed by atoms with E-state index >= 15 is 0 Å². The summed E-state index contributed by atoms with van der Waals surface area (Å²) in [5, 5.41) is 29.1. The van der Waals surface area contributed by atoms with Crippen LogP contribution >= 0.6 is 0 Å². The van der Waals surface area contributed by atoms with E-state index in [0.29, 0.717) is 18.8 Å². The Labute approximate surface area is 163 Å². The van der Waals surface area contributed by atoms with Crippen molar-refractivity contribution in [3.63, 3.8) is 0 Å². The highest BCUT2D eigenvalue weighted by Crippen LogP contribution is 2.34. The Hall–Kier alpha value is -1.20. The van der Waals surface area contributed by atoms with E-state index in [2.05, 4.69) is 13.8 Å². The minimum absolute atomic E-state index is 0.105. The molecular weight excluding hydrogens is 344 g/mol. The Morgan fingerprint density at radius 1 is 1.22 bits per heavy atom. The van der Waals surface area contributed by atoms with Crippen molar-refractivity contribution in [2.24, 2.45) is 17.8 Å². The van der Waals surface area contributed by atoms with Gasteiger partial charge in [0, 0.05) is 24.7 Å². The minimum atomic E-state index is -0.767. The largest absolute Gasteiger partial charge is 0.481 e. The van der Waals surface area contributed by atoms with Gasteiger partial charge in [-0.3, -0.25) is 9.59 Å². The predicted molar refractivity (Wildman–Crippen MR) is 106 cm³/mol. The van der Waals surface area contributed by atoms with Crippen LogP contribution in [0.1, 0.15) is 84.5 Å². The molecule has 5 atom stereocenters. The molecule has 1 rings (SSSR count). The third-order valence-electron chi connectivity index (χ3n) is 5.64. The number of aliphatic carboxylic acids is 1. The molecule has 0 aromatic heterocycles. The van der Waals surface area contributed by atoms with Crippen LogP contribution in [-0.2, 0) is 9.59 Å². The lowest BCUT2D eigenvalue weighted by Gasteiger charge is -2.19. The van der Waals surface area contributed by atoms with Crippen LogP contribution in [0.15, 0.2) is 12.2 Å². The molecule has 0 heterocycles. The van der Waals surface area contributed by atoms with Gasteiger partial charge in [0.05, 0.1) is 12.2 Å². The van der Waals surface area contributed by atoms with Crippen molar-refractivity contribution in [3.8, 4) is 0 Å². The number of carboxylic acid groups (broad SMARTS) is 1. The first-order valence-corrected chi connectivity index (χ1v) is 10.6. The van der Waals surface area contributed by atoms with Gasteiger partial charge in [-0.15, -0.1) is 0 Å². The van der Waals surface area contributed by atoms with Crippen LogP contribution in [0.25, 0.3) is 0 Å². The van der Waals surface area contributed by atoms with E-state index in [9.17, 15) is 19.8 Å². The minimum Gasteiger partial charge on any atom is -0.481 e. The van der Waals surface area contributed by atoms with E-state index in [0.717, 1.165) is 38.5 Å². The van der Waals surface area contributed by atoms with Gasteiger partial charge in [-0.25, -0.2) is 0 Å². The molecular formula is C22H38O5. The highest BCUT2D eigenvalue weighted by molar-refractivity contribution is 5.84. The van der Waals surface area contributed by atoms with Crippen LogP contribution in [0, 0.1) is 17.8 Å². The van der Waals surface area contributed by atoms with Crippen LogP contribution in [0.5, 0.6) is 0 Å². The predicted octanol–water partition coefficient (Wildman–Crippen LogP) is 4.11.